The van der Waals surface area contributed by atoms with E-state index >= 15 is 0 Å². The number of hydrogen-bond acceptors (Lipinski definition) is 17. The molecule has 25 heteroatoms. The van der Waals surface area contributed by atoms with Crippen molar-refractivity contribution in [3.05, 3.63) is 107 Å². The molecule has 0 radical (unpaired) electrons. The number of amides is 2. The summed E-state index contributed by atoms with van der Waals surface area (Å²) in [6, 6.07) is 17.8. The highest BCUT2D eigenvalue weighted by Gasteiger charge is 2.86. The monoisotopic (exact) mass is 1320 g/mol. The van der Waals surface area contributed by atoms with Gasteiger partial charge >= 0.3 is 0 Å². The summed E-state index contributed by atoms with van der Waals surface area (Å²) in [4.78, 5) is 42.8. The molecule has 14 rings (SSSR count). The van der Waals surface area contributed by atoms with Crippen molar-refractivity contribution in [2.45, 2.75) is 159 Å². The molecule has 6 aromatic rings. The van der Waals surface area contributed by atoms with E-state index in [1.165, 1.54) is 109 Å². The average Bonchev–Trinajstić information content (AvgIpc) is 1.45. The predicted molar refractivity (Wildman–Crippen MR) is 341 cm³/mol. The average molecular weight is 1320 g/mol. The molecule has 0 bridgehead atoms. The quantitative estimate of drug-likeness (QED) is 0.0249. The number of rotatable bonds is 26. The van der Waals surface area contributed by atoms with Gasteiger partial charge in [0.15, 0.2) is 21.7 Å². The van der Waals surface area contributed by atoms with Crippen molar-refractivity contribution in [2.24, 2.45) is 50.7 Å². The fourth-order valence-electron chi connectivity index (χ4n) is 15.2. The molecule has 7 saturated carbocycles. The van der Waals surface area contributed by atoms with Crippen molar-refractivity contribution in [2.75, 3.05) is 43.5 Å². The maximum atomic E-state index is 13.1. The number of sulfonamides is 2. The molecule has 7 aliphatic carbocycles. The lowest BCUT2D eigenvalue weighted by molar-refractivity contribution is 0.0972. The first-order valence-electron chi connectivity index (χ1n) is 37.0. The van der Waals surface area contributed by atoms with Crippen LogP contribution in [0.15, 0.2) is 95.2 Å². The minimum atomic E-state index is -4.39. The van der Waals surface area contributed by atoms with Crippen LogP contribution in [0.5, 0.6) is 11.8 Å². The van der Waals surface area contributed by atoms with Crippen molar-refractivity contribution >= 4 is 66.7 Å². The van der Waals surface area contributed by atoms with Gasteiger partial charge in [-0.3, -0.25) is 9.59 Å². The summed E-state index contributed by atoms with van der Waals surface area (Å²) >= 11 is 12.7. The number of pyridine rings is 4. The van der Waals surface area contributed by atoms with E-state index in [2.05, 4.69) is 46.1 Å². The molecule has 1 saturated heterocycles. The Hall–Kier alpha value is -6.40. The topological polar surface area (TPSA) is 268 Å². The van der Waals surface area contributed by atoms with Gasteiger partial charge in [0.2, 0.25) is 11.8 Å². The SMILES string of the molecule is [2H]C([2H])([2H])C1(C([2H])([2H])[2H])CC[C@@H](CCCNc2cccc(S(=O)(=O)NC(=O)c3ccc(-n4ccc(OCCC5C6(CC6)C56CC6)n4)nc3Cl)n2)C1.[2H]C([2H])([2H])C1(C([2H])([2H])[2H])C[C@H](CCCNc2cccc(S(=O)(=O)NC(=O)c3ccc(-n4ccc(OCCC5C6(CC6)C56CC6)n4)nc3Cl)n2)CN1. The van der Waals surface area contributed by atoms with E-state index in [0.717, 1.165) is 24.7 Å². The molecular weight excluding hydrogens is 1230 g/mol. The highest BCUT2D eigenvalue weighted by molar-refractivity contribution is 7.90. The molecule has 2 atom stereocenters. The number of nitrogens with one attached hydrogen (secondary N) is 5. The molecule has 480 valence electrons. The summed E-state index contributed by atoms with van der Waals surface area (Å²) in [7, 11) is -8.78. The van der Waals surface area contributed by atoms with Crippen LogP contribution in [0.3, 0.4) is 0 Å². The summed E-state index contributed by atoms with van der Waals surface area (Å²) in [5, 5.41) is 16.5. The molecule has 5 N–H and O–H groups in total. The molecule has 21 nitrogen and oxygen atoms in total. The zero-order valence-electron chi connectivity index (χ0n) is 61.6. The number of fused-ring (bicyclic) bond motifs is 2. The van der Waals surface area contributed by atoms with Gasteiger partial charge in [-0.2, -0.15) is 16.8 Å². The van der Waals surface area contributed by atoms with Crippen LogP contribution in [0.4, 0.5) is 11.6 Å². The van der Waals surface area contributed by atoms with Crippen molar-refractivity contribution in [1.29, 1.82) is 0 Å². The molecular formula is C65H81Cl2N13O8S2. The number of hydrogen-bond donors (Lipinski definition) is 5. The molecule has 2 amide bonds. The van der Waals surface area contributed by atoms with Crippen LogP contribution >= 0.6 is 23.2 Å². The van der Waals surface area contributed by atoms with E-state index < -0.39 is 75.2 Å². The molecule has 0 aromatic carbocycles. The number of carbonyl (C=O) groups is 2. The third-order valence-electron chi connectivity index (χ3n) is 20.3. The first-order chi connectivity index (χ1) is 48.0. The largest absolute Gasteiger partial charge is 0.477 e. The summed E-state index contributed by atoms with van der Waals surface area (Å²) in [6.07, 6.45) is 19.4. The van der Waals surface area contributed by atoms with E-state index in [1.807, 2.05) is 9.44 Å². The minimum absolute atomic E-state index is 0.00569. The minimum Gasteiger partial charge on any atom is -0.477 e. The number of halogens is 2. The molecule has 0 unspecified atom stereocenters. The van der Waals surface area contributed by atoms with Gasteiger partial charge in [0.1, 0.15) is 21.9 Å². The maximum Gasteiger partial charge on any atom is 0.281 e. The normalized spacial score (nSPS) is 24.5. The molecule has 8 aliphatic rings. The van der Waals surface area contributed by atoms with Gasteiger partial charge in [-0.05, 0) is 235 Å². The number of aromatic nitrogens is 8. The lowest BCUT2D eigenvalue weighted by atomic mass is 9.89. The van der Waals surface area contributed by atoms with Gasteiger partial charge in [0.25, 0.3) is 31.9 Å². The second-order valence-electron chi connectivity index (χ2n) is 26.0. The van der Waals surface area contributed by atoms with Crippen molar-refractivity contribution < 1.29 is 52.3 Å². The van der Waals surface area contributed by atoms with Crippen molar-refractivity contribution in [1.82, 2.24) is 54.3 Å². The number of carbonyl (C=O) groups excluding carboxylic acids is 2. The van der Waals surface area contributed by atoms with E-state index in [1.54, 1.807) is 36.7 Å². The molecule has 4 spiro atoms. The molecule has 8 fully saturated rings. The fraction of sp³-hybridized carbons (Fsp3) is 0.569. The molecule has 6 aromatic heterocycles. The van der Waals surface area contributed by atoms with Gasteiger partial charge in [0.05, 0.1) is 24.3 Å². The lowest BCUT2D eigenvalue weighted by Gasteiger charge is -2.17. The summed E-state index contributed by atoms with van der Waals surface area (Å²) in [5.41, 5.74) is -1.42. The van der Waals surface area contributed by atoms with E-state index in [-0.39, 0.29) is 75.7 Å². The van der Waals surface area contributed by atoms with Crippen molar-refractivity contribution in [3.8, 4) is 23.4 Å². The van der Waals surface area contributed by atoms with Gasteiger partial charge in [-0.1, -0.05) is 49.0 Å². The second kappa shape index (κ2) is 23.9. The second-order valence-corrected chi connectivity index (χ2v) is 30.0. The van der Waals surface area contributed by atoms with Gasteiger partial charge in [0, 0.05) is 59.6 Å². The Labute approximate surface area is 553 Å². The van der Waals surface area contributed by atoms with E-state index in [9.17, 15) is 26.4 Å². The fourth-order valence-corrected chi connectivity index (χ4v) is 17.6. The molecule has 1 aliphatic heterocycles. The Morgan fingerprint density at radius 1 is 0.589 bits per heavy atom. The number of ether oxygens (including phenoxy) is 2. The van der Waals surface area contributed by atoms with E-state index in [4.69, 9.17) is 49.1 Å². The molecule has 7 heterocycles. The standard InChI is InChI=1S/C33H41ClN6O4S.C32H40ClN7O4S/c1-31(2)13-10-22(21-31)5-4-18-35-25-6-3-7-28(36-25)45(42,43)39-30(41)23-8-9-26(37-29(23)34)40-19-11-27(38-40)44-20-12-24-32(14-15-32)33(24)16-17-33;1-30(2)19-21(20-35-30)5-4-16-34-24-6-3-7-27(36-24)45(42,43)39-29(41)22-8-9-25(37-28(22)33)40-17-10-26(38-40)44-18-11-23-31(12-13-31)32(23)14-15-32/h3,6-9,11,19,22,24H,4-5,10,12-18,20-21H2,1-2H3,(H,35,36)(H,39,41);3,6-10,17,21,23,35H,4-5,11-16,18-20H2,1-2H3,(H,34,36)(H,39,41)/t22-;21-/m10/s1/i2*1D3,2D3. The third-order valence-corrected chi connectivity index (χ3v) is 23.3. The van der Waals surface area contributed by atoms with Gasteiger partial charge < -0.3 is 25.4 Å². The summed E-state index contributed by atoms with van der Waals surface area (Å²) < 4.78 is 165. The predicted octanol–water partition coefficient (Wildman–Crippen LogP) is 11.4. The van der Waals surface area contributed by atoms with E-state index in [0.29, 0.717) is 103 Å². The Kier molecular flexibility index (Phi) is 13.1. The Morgan fingerprint density at radius 2 is 1.06 bits per heavy atom. The van der Waals surface area contributed by atoms with Gasteiger partial charge in [-0.25, -0.2) is 38.7 Å². The summed E-state index contributed by atoms with van der Waals surface area (Å²) in [5.74, 6) is 1.47. The zero-order chi connectivity index (χ0) is 72.9. The van der Waals surface area contributed by atoms with Crippen molar-refractivity contribution in [3.63, 3.8) is 0 Å². The third kappa shape index (κ3) is 13.0. The number of anilines is 2. The van der Waals surface area contributed by atoms with Crippen LogP contribution in [-0.2, 0) is 20.0 Å². The van der Waals surface area contributed by atoms with Crippen LogP contribution in [0.2, 0.25) is 10.3 Å². The highest BCUT2D eigenvalue weighted by Crippen LogP contribution is 2.94. The molecule has 90 heavy (non-hydrogen) atoms. The van der Waals surface area contributed by atoms with Crippen LogP contribution in [-0.4, -0.2) is 107 Å². The highest BCUT2D eigenvalue weighted by atomic mass is 35.5. The van der Waals surface area contributed by atoms with Crippen LogP contribution in [0.1, 0.15) is 180 Å². The summed E-state index contributed by atoms with van der Waals surface area (Å²) in [6.45, 7) is -8.28. The van der Waals surface area contributed by atoms with Crippen LogP contribution in [0, 0.1) is 50.7 Å². The van der Waals surface area contributed by atoms with Crippen LogP contribution in [0.25, 0.3) is 11.6 Å². The van der Waals surface area contributed by atoms with Crippen LogP contribution < -0.4 is 34.9 Å². The number of nitrogens with zero attached hydrogens (tertiary/aromatic N) is 8. The van der Waals surface area contributed by atoms with Gasteiger partial charge in [-0.15, -0.1) is 10.2 Å². The zero-order valence-corrected chi connectivity index (χ0v) is 52.7. The first-order valence-corrected chi connectivity index (χ1v) is 34.8. The Bertz CT molecular complexity index is 4070. The first kappa shape index (κ1) is 49.3. The maximum absolute atomic E-state index is 13.1. The Morgan fingerprint density at radius 3 is 1.47 bits per heavy atom. The smallest absolute Gasteiger partial charge is 0.281 e. The lowest BCUT2D eigenvalue weighted by Crippen LogP contribution is -2.31. The Balaban J connectivity index is 0.000000182.